The van der Waals surface area contributed by atoms with Crippen molar-refractivity contribution in [2.75, 3.05) is 0 Å². The highest BCUT2D eigenvalue weighted by molar-refractivity contribution is 6.12. The van der Waals surface area contributed by atoms with Crippen molar-refractivity contribution in [3.8, 4) is 24.3 Å². The summed E-state index contributed by atoms with van der Waals surface area (Å²) in [6.45, 7) is 0. The highest BCUT2D eigenvalue weighted by Crippen LogP contribution is 2.55. The first-order chi connectivity index (χ1) is 27.3. The summed E-state index contributed by atoms with van der Waals surface area (Å²) in [7, 11) is 0. The SMILES string of the molecule is N#C/C(=C1\C(c2ccccc2C#N)=CC2=C1C=C(c1ccccc1C#N)/C2=C(\C#N)c1c(F)c(F)c(C(F)(F)F)c(F)c1F)c1c(F)c(F)c(C(F)(F)F)c(F)c1F. The fourth-order valence-corrected chi connectivity index (χ4v) is 6.56. The van der Waals surface area contributed by atoms with Gasteiger partial charge >= 0.3 is 12.4 Å². The highest BCUT2D eigenvalue weighted by Gasteiger charge is 2.46. The minimum atomic E-state index is -6.01. The maximum absolute atomic E-state index is 15.7. The molecule has 0 aromatic heterocycles. The topological polar surface area (TPSA) is 95.2 Å². The molecule has 0 unspecified atom stereocenters. The molecule has 4 aromatic carbocycles. The molecule has 4 nitrogen and oxygen atoms in total. The van der Waals surface area contributed by atoms with Crippen molar-refractivity contribution in [1.29, 1.82) is 21.0 Å². The summed E-state index contributed by atoms with van der Waals surface area (Å²) in [5, 5.41) is 40.5. The number of rotatable bonds is 4. The number of halogens is 14. The molecule has 2 aliphatic carbocycles. The quantitative estimate of drug-likeness (QED) is 0.116. The lowest BCUT2D eigenvalue weighted by Crippen LogP contribution is -2.17. The molecule has 0 saturated carbocycles. The molecule has 0 aliphatic heterocycles. The van der Waals surface area contributed by atoms with Gasteiger partial charge in [0.2, 0.25) is 0 Å². The monoisotopic (exact) mass is 812 g/mol. The zero-order chi connectivity index (χ0) is 42.8. The van der Waals surface area contributed by atoms with Crippen LogP contribution in [0.15, 0.2) is 83.0 Å². The molecule has 2 aliphatic rings. The van der Waals surface area contributed by atoms with Crippen molar-refractivity contribution >= 4 is 22.3 Å². The molecular formula is C40H10F14N4. The van der Waals surface area contributed by atoms with Crippen molar-refractivity contribution in [3.05, 3.63) is 174 Å². The second-order valence-corrected chi connectivity index (χ2v) is 12.0. The lowest BCUT2D eigenvalue weighted by atomic mass is 9.85. The smallest absolute Gasteiger partial charge is 0.203 e. The zero-order valence-electron chi connectivity index (χ0n) is 27.9. The van der Waals surface area contributed by atoms with Crippen LogP contribution in [0.1, 0.15) is 44.5 Å². The minimum Gasteiger partial charge on any atom is -0.203 e. The number of hydrogen-bond donors (Lipinski definition) is 0. The Bertz CT molecular complexity index is 2630. The van der Waals surface area contributed by atoms with E-state index in [9.17, 15) is 47.4 Å². The van der Waals surface area contributed by atoms with E-state index in [1.54, 1.807) is 12.1 Å². The Kier molecular flexibility index (Phi) is 9.88. The van der Waals surface area contributed by atoms with Crippen molar-refractivity contribution in [2.24, 2.45) is 0 Å². The zero-order valence-corrected chi connectivity index (χ0v) is 27.9. The molecule has 0 saturated heterocycles. The summed E-state index contributed by atoms with van der Waals surface area (Å²) in [5.41, 5.74) is -18.2. The Morgan fingerprint density at radius 1 is 0.431 bits per heavy atom. The average Bonchev–Trinajstić information content (AvgIpc) is 3.72. The van der Waals surface area contributed by atoms with Gasteiger partial charge in [0.15, 0.2) is 46.5 Å². The summed E-state index contributed by atoms with van der Waals surface area (Å²) in [5.74, 6) is -22.9. The summed E-state index contributed by atoms with van der Waals surface area (Å²) in [6.07, 6.45) is -10.3. The van der Waals surface area contributed by atoms with Gasteiger partial charge in [-0.05, 0) is 46.6 Å². The van der Waals surface area contributed by atoms with Crippen molar-refractivity contribution < 1.29 is 61.5 Å². The first kappa shape index (κ1) is 40.2. The fraction of sp³-hybridized carbons (Fsp3) is 0.0500. The van der Waals surface area contributed by atoms with Gasteiger partial charge in [0.1, 0.15) is 23.3 Å². The maximum Gasteiger partial charge on any atom is 0.422 e. The first-order valence-corrected chi connectivity index (χ1v) is 15.6. The van der Waals surface area contributed by atoms with E-state index in [1.165, 1.54) is 36.4 Å². The number of allylic oxidation sites excluding steroid dienone is 10. The molecule has 0 spiro atoms. The Balaban J connectivity index is 1.86. The van der Waals surface area contributed by atoms with Gasteiger partial charge in [-0.3, -0.25) is 0 Å². The van der Waals surface area contributed by atoms with Crippen LogP contribution >= 0.6 is 0 Å². The molecule has 6 rings (SSSR count). The molecule has 288 valence electrons. The molecule has 0 atom stereocenters. The number of nitrogens with zero attached hydrogens (tertiary/aromatic N) is 4. The van der Waals surface area contributed by atoms with Gasteiger partial charge in [-0.1, -0.05) is 36.4 Å². The van der Waals surface area contributed by atoms with Crippen LogP contribution in [0.4, 0.5) is 61.5 Å². The highest BCUT2D eigenvalue weighted by atomic mass is 19.4. The van der Waals surface area contributed by atoms with Gasteiger partial charge in [0.05, 0.1) is 45.5 Å². The third-order valence-corrected chi connectivity index (χ3v) is 8.94. The van der Waals surface area contributed by atoms with Crippen LogP contribution in [0.3, 0.4) is 0 Å². The molecular weight excluding hydrogens is 802 g/mol. The van der Waals surface area contributed by atoms with Gasteiger partial charge in [-0.15, -0.1) is 0 Å². The molecule has 0 heterocycles. The van der Waals surface area contributed by atoms with E-state index >= 15 is 35.1 Å². The van der Waals surface area contributed by atoms with E-state index in [-0.39, 0.29) is 22.3 Å². The number of alkyl halides is 6. The van der Waals surface area contributed by atoms with Crippen LogP contribution in [-0.2, 0) is 12.4 Å². The van der Waals surface area contributed by atoms with Gasteiger partial charge in [-0.2, -0.15) is 47.4 Å². The third-order valence-electron chi connectivity index (χ3n) is 8.94. The van der Waals surface area contributed by atoms with Crippen molar-refractivity contribution in [2.45, 2.75) is 12.4 Å². The summed E-state index contributed by atoms with van der Waals surface area (Å²) < 4.78 is 204. The molecule has 0 fully saturated rings. The van der Waals surface area contributed by atoms with Crippen LogP contribution in [0.5, 0.6) is 0 Å². The van der Waals surface area contributed by atoms with E-state index in [0.717, 1.165) is 36.4 Å². The Morgan fingerprint density at radius 3 is 0.983 bits per heavy atom. The lowest BCUT2D eigenvalue weighted by Gasteiger charge is -2.18. The van der Waals surface area contributed by atoms with E-state index < -0.39 is 126 Å². The average molecular weight is 813 g/mol. The van der Waals surface area contributed by atoms with Crippen LogP contribution in [0, 0.1) is 91.9 Å². The predicted molar refractivity (Wildman–Crippen MR) is 173 cm³/mol. The van der Waals surface area contributed by atoms with E-state index in [0.29, 0.717) is 0 Å². The minimum absolute atomic E-state index is 0.287. The summed E-state index contributed by atoms with van der Waals surface area (Å²) in [6, 6.07) is 15.6. The second kappa shape index (κ2) is 14.3. The molecule has 0 radical (unpaired) electrons. The Morgan fingerprint density at radius 2 is 0.724 bits per heavy atom. The van der Waals surface area contributed by atoms with Crippen LogP contribution < -0.4 is 0 Å². The molecule has 58 heavy (non-hydrogen) atoms. The maximum atomic E-state index is 15.7. The fourth-order valence-electron chi connectivity index (χ4n) is 6.56. The Labute approximate surface area is 315 Å². The van der Waals surface area contributed by atoms with Gasteiger partial charge in [0.25, 0.3) is 0 Å². The van der Waals surface area contributed by atoms with Crippen LogP contribution in [-0.4, -0.2) is 0 Å². The van der Waals surface area contributed by atoms with E-state index in [4.69, 9.17) is 0 Å². The molecule has 18 heteroatoms. The second-order valence-electron chi connectivity index (χ2n) is 12.0. The number of hydrogen-bond acceptors (Lipinski definition) is 4. The summed E-state index contributed by atoms with van der Waals surface area (Å²) in [4.78, 5) is 0. The van der Waals surface area contributed by atoms with Crippen LogP contribution in [0.25, 0.3) is 22.3 Å². The molecule has 0 N–H and O–H groups in total. The Hall–Kier alpha value is -7.44. The molecule has 0 bridgehead atoms. The van der Waals surface area contributed by atoms with E-state index in [2.05, 4.69) is 0 Å². The first-order valence-electron chi connectivity index (χ1n) is 15.6. The normalized spacial score (nSPS) is 15.6. The molecule has 0 amide bonds. The molecule has 4 aromatic rings. The van der Waals surface area contributed by atoms with Gasteiger partial charge < -0.3 is 0 Å². The lowest BCUT2D eigenvalue weighted by molar-refractivity contribution is -0.144. The van der Waals surface area contributed by atoms with Gasteiger partial charge in [0, 0.05) is 22.3 Å². The predicted octanol–water partition coefficient (Wildman–Crippen LogP) is 11.3. The number of benzene rings is 4. The third kappa shape index (κ3) is 6.07. The van der Waals surface area contributed by atoms with Crippen molar-refractivity contribution in [3.63, 3.8) is 0 Å². The number of nitriles is 4. The van der Waals surface area contributed by atoms with Crippen molar-refractivity contribution in [1.82, 2.24) is 0 Å². The largest absolute Gasteiger partial charge is 0.422 e. The standard InChI is InChI=1S/C40H10F14N4/c41-31-27(32(42)36(46)29(35(31)45)39(49,50)51)23(13-57)25-19(17-7-3-1-5-15(17)11-55)9-21-22(25)10-20(18-8-4-2-6-16(18)12-56)26(21)24(14-58)28-33(43)37(47)30(40(52,53)54)38(48)34(28)44/h1-10H/b25-23-,26-24-. The van der Waals surface area contributed by atoms with E-state index in [1.807, 2.05) is 0 Å². The summed E-state index contributed by atoms with van der Waals surface area (Å²) >= 11 is 0. The van der Waals surface area contributed by atoms with Gasteiger partial charge in [-0.25, -0.2) is 35.1 Å². The van der Waals surface area contributed by atoms with Crippen LogP contribution in [0.2, 0.25) is 0 Å².